The maximum atomic E-state index is 10.7. The molecule has 0 aliphatic heterocycles. The first-order valence-corrected chi connectivity index (χ1v) is 7.31. The second-order valence-corrected chi connectivity index (χ2v) is 6.03. The summed E-state index contributed by atoms with van der Waals surface area (Å²) in [6.45, 7) is 2.02. The normalized spacial score (nSPS) is 10.3. The van der Waals surface area contributed by atoms with E-state index in [0.29, 0.717) is 3.57 Å². The first kappa shape index (κ1) is 14.3. The van der Waals surface area contributed by atoms with E-state index in [4.69, 9.17) is 0 Å². The van der Waals surface area contributed by atoms with Gasteiger partial charge in [-0.1, -0.05) is 22.0 Å². The van der Waals surface area contributed by atoms with Crippen LogP contribution in [0.25, 0.3) is 0 Å². The molecular weight excluding hydrogens is 423 g/mol. The molecule has 0 fully saturated rings. The maximum Gasteiger partial charge on any atom is 0.282 e. The number of nitro benzene ring substituents is 1. The lowest BCUT2D eigenvalue weighted by Gasteiger charge is -2.08. The van der Waals surface area contributed by atoms with Crippen molar-refractivity contribution in [2.45, 2.75) is 6.92 Å². The number of hydrogen-bond acceptors (Lipinski definition) is 3. The van der Waals surface area contributed by atoms with Crippen molar-refractivity contribution >= 4 is 55.6 Å². The molecule has 0 saturated heterocycles. The highest BCUT2D eigenvalue weighted by molar-refractivity contribution is 14.1. The monoisotopic (exact) mass is 432 g/mol. The molecule has 2 rings (SSSR count). The fraction of sp³-hybridized carbons (Fsp3) is 0.0769. The van der Waals surface area contributed by atoms with Gasteiger partial charge >= 0.3 is 0 Å². The van der Waals surface area contributed by atoms with Gasteiger partial charge in [0.05, 0.1) is 8.49 Å². The molecule has 0 aliphatic rings. The summed E-state index contributed by atoms with van der Waals surface area (Å²) in [5.74, 6) is 0. The summed E-state index contributed by atoms with van der Waals surface area (Å²) < 4.78 is 1.63. The molecule has 0 saturated carbocycles. The van der Waals surface area contributed by atoms with E-state index in [1.165, 1.54) is 6.07 Å². The third-order valence-corrected chi connectivity index (χ3v) is 4.32. The number of hydrogen-bond donors (Lipinski definition) is 1. The summed E-state index contributed by atoms with van der Waals surface area (Å²) >= 11 is 5.44. The van der Waals surface area contributed by atoms with E-state index in [-0.39, 0.29) is 10.6 Å². The smallest absolute Gasteiger partial charge is 0.282 e. The number of nitrogens with zero attached hydrogens (tertiary/aromatic N) is 1. The fourth-order valence-corrected chi connectivity index (χ4v) is 2.66. The molecule has 0 aliphatic carbocycles. The predicted octanol–water partition coefficient (Wildman–Crippen LogP) is 5.01. The van der Waals surface area contributed by atoms with E-state index in [1.807, 2.05) is 47.7 Å². The molecule has 0 heterocycles. The van der Waals surface area contributed by atoms with Crippen LogP contribution in [0.2, 0.25) is 0 Å². The molecule has 2 aromatic rings. The molecule has 0 atom stereocenters. The van der Waals surface area contributed by atoms with Crippen LogP contribution in [0.4, 0.5) is 17.1 Å². The molecule has 0 amide bonds. The lowest BCUT2D eigenvalue weighted by Crippen LogP contribution is -1.95. The fourth-order valence-electron chi connectivity index (χ4n) is 1.57. The van der Waals surface area contributed by atoms with Crippen molar-refractivity contribution in [3.8, 4) is 0 Å². The van der Waals surface area contributed by atoms with Gasteiger partial charge in [0.25, 0.3) is 5.69 Å². The first-order chi connectivity index (χ1) is 8.97. The molecule has 2 aromatic carbocycles. The minimum absolute atomic E-state index is 0.122. The molecule has 98 valence electrons. The van der Waals surface area contributed by atoms with Crippen molar-refractivity contribution in [2.24, 2.45) is 0 Å². The molecule has 0 bridgehead atoms. The van der Waals surface area contributed by atoms with Gasteiger partial charge in [-0.2, -0.15) is 0 Å². The standard InChI is InChI=1S/C13H10BrIN2O2/c1-8-2-3-9(6-11(8)14)16-10-4-5-13(17(18)19)12(15)7-10/h2-7,16H,1H3. The van der Waals surface area contributed by atoms with E-state index >= 15 is 0 Å². The Morgan fingerprint density at radius 3 is 2.42 bits per heavy atom. The summed E-state index contributed by atoms with van der Waals surface area (Å²) in [6.07, 6.45) is 0. The van der Waals surface area contributed by atoms with Gasteiger partial charge in [-0.25, -0.2) is 0 Å². The van der Waals surface area contributed by atoms with Crippen molar-refractivity contribution in [3.05, 3.63) is 60.1 Å². The summed E-state index contributed by atoms with van der Waals surface area (Å²) in [5.41, 5.74) is 3.04. The molecule has 0 spiro atoms. The summed E-state index contributed by atoms with van der Waals surface area (Å²) in [6, 6.07) is 10.9. The number of anilines is 2. The van der Waals surface area contributed by atoms with Crippen LogP contribution in [0, 0.1) is 20.6 Å². The van der Waals surface area contributed by atoms with E-state index < -0.39 is 0 Å². The highest BCUT2D eigenvalue weighted by Gasteiger charge is 2.11. The number of aryl methyl sites for hydroxylation is 1. The van der Waals surface area contributed by atoms with Crippen LogP contribution >= 0.6 is 38.5 Å². The van der Waals surface area contributed by atoms with Gasteiger partial charge in [-0.05, 0) is 59.3 Å². The highest BCUT2D eigenvalue weighted by Crippen LogP contribution is 2.27. The van der Waals surface area contributed by atoms with Gasteiger partial charge < -0.3 is 5.32 Å². The second kappa shape index (κ2) is 5.87. The molecule has 0 radical (unpaired) electrons. The van der Waals surface area contributed by atoms with Crippen LogP contribution in [0.5, 0.6) is 0 Å². The SMILES string of the molecule is Cc1ccc(Nc2ccc([N+](=O)[O-])c(I)c2)cc1Br. The number of rotatable bonds is 3. The van der Waals surface area contributed by atoms with Crippen LogP contribution in [0.15, 0.2) is 40.9 Å². The predicted molar refractivity (Wildman–Crippen MR) is 88.0 cm³/mol. The van der Waals surface area contributed by atoms with Crippen LogP contribution < -0.4 is 5.32 Å². The molecule has 6 heteroatoms. The highest BCUT2D eigenvalue weighted by atomic mass is 127. The Labute approximate surface area is 132 Å². The number of nitrogens with one attached hydrogen (secondary N) is 1. The van der Waals surface area contributed by atoms with Crippen molar-refractivity contribution < 1.29 is 4.92 Å². The Balaban J connectivity index is 2.26. The van der Waals surface area contributed by atoms with Crippen LogP contribution in [-0.2, 0) is 0 Å². The number of halogens is 2. The molecular formula is C13H10BrIN2O2. The van der Waals surface area contributed by atoms with Crippen LogP contribution in [0.3, 0.4) is 0 Å². The van der Waals surface area contributed by atoms with Crippen molar-refractivity contribution in [1.29, 1.82) is 0 Å². The molecule has 4 nitrogen and oxygen atoms in total. The maximum absolute atomic E-state index is 10.7. The van der Waals surface area contributed by atoms with E-state index in [2.05, 4.69) is 21.2 Å². The second-order valence-electron chi connectivity index (χ2n) is 4.01. The minimum atomic E-state index is -0.381. The molecule has 1 N–H and O–H groups in total. The zero-order valence-corrected chi connectivity index (χ0v) is 13.7. The van der Waals surface area contributed by atoms with Gasteiger partial charge in [0.15, 0.2) is 0 Å². The van der Waals surface area contributed by atoms with Gasteiger partial charge in [-0.3, -0.25) is 10.1 Å². The van der Waals surface area contributed by atoms with Gasteiger partial charge in [0.2, 0.25) is 0 Å². The van der Waals surface area contributed by atoms with Gasteiger partial charge in [0.1, 0.15) is 0 Å². The van der Waals surface area contributed by atoms with E-state index in [9.17, 15) is 10.1 Å². The molecule has 19 heavy (non-hydrogen) atoms. The summed E-state index contributed by atoms with van der Waals surface area (Å²) in [4.78, 5) is 10.4. The average molecular weight is 433 g/mol. The summed E-state index contributed by atoms with van der Waals surface area (Å²) in [7, 11) is 0. The third-order valence-electron chi connectivity index (χ3n) is 2.60. The minimum Gasteiger partial charge on any atom is -0.355 e. The number of nitro groups is 1. The Bertz CT molecular complexity index is 647. The molecule has 0 aromatic heterocycles. The summed E-state index contributed by atoms with van der Waals surface area (Å²) in [5, 5.41) is 14.0. The van der Waals surface area contributed by atoms with Crippen molar-refractivity contribution in [2.75, 3.05) is 5.32 Å². The average Bonchev–Trinajstić information content (AvgIpc) is 2.33. The van der Waals surface area contributed by atoms with Gasteiger partial charge in [-0.15, -0.1) is 0 Å². The number of benzene rings is 2. The zero-order chi connectivity index (χ0) is 14.0. The van der Waals surface area contributed by atoms with Gasteiger partial charge in [0, 0.05) is 21.9 Å². The van der Waals surface area contributed by atoms with Crippen LogP contribution in [0.1, 0.15) is 5.56 Å². The lowest BCUT2D eigenvalue weighted by molar-refractivity contribution is -0.385. The lowest BCUT2D eigenvalue weighted by atomic mass is 10.2. The Kier molecular flexibility index (Phi) is 4.41. The van der Waals surface area contributed by atoms with E-state index in [1.54, 1.807) is 12.1 Å². The molecule has 0 unspecified atom stereocenters. The van der Waals surface area contributed by atoms with Crippen molar-refractivity contribution in [3.63, 3.8) is 0 Å². The quantitative estimate of drug-likeness (QED) is 0.421. The van der Waals surface area contributed by atoms with Crippen LogP contribution in [-0.4, -0.2) is 4.92 Å². The first-order valence-electron chi connectivity index (χ1n) is 5.44. The Morgan fingerprint density at radius 2 is 1.84 bits per heavy atom. The Hall–Kier alpha value is -1.15. The van der Waals surface area contributed by atoms with Crippen molar-refractivity contribution in [1.82, 2.24) is 0 Å². The third kappa shape index (κ3) is 3.44. The largest absolute Gasteiger partial charge is 0.355 e. The Morgan fingerprint density at radius 1 is 1.21 bits per heavy atom. The van der Waals surface area contributed by atoms with E-state index in [0.717, 1.165) is 21.4 Å². The topological polar surface area (TPSA) is 55.2 Å². The zero-order valence-electron chi connectivity index (χ0n) is 9.98.